The summed E-state index contributed by atoms with van der Waals surface area (Å²) in [6.45, 7) is 7.99. The smallest absolute Gasteiger partial charge is 0.223 e. The lowest BCUT2D eigenvalue weighted by molar-refractivity contribution is -0.127. The number of amides is 1. The Morgan fingerprint density at radius 3 is 2.33 bits per heavy atom. The van der Waals surface area contributed by atoms with Crippen molar-refractivity contribution in [2.24, 2.45) is 5.92 Å². The third-order valence-corrected chi connectivity index (χ3v) is 4.04. The van der Waals surface area contributed by atoms with E-state index in [-0.39, 0.29) is 17.9 Å². The molecule has 0 atom stereocenters. The molecule has 0 spiro atoms. The van der Waals surface area contributed by atoms with Crippen molar-refractivity contribution in [3.05, 3.63) is 0 Å². The standard InChI is InChI=1S/C14H26N2O2/c1-11(2)15-14(17)12-3-7-16(8-4-12)13-5-9-18-10-6-13/h11-13H,3-10H2,1-2H3,(H,15,17). The molecule has 2 heterocycles. The van der Waals surface area contributed by atoms with Crippen LogP contribution in [0.25, 0.3) is 0 Å². The van der Waals surface area contributed by atoms with Crippen LogP contribution in [0.2, 0.25) is 0 Å². The number of likely N-dealkylation sites (tertiary alicyclic amines) is 1. The molecule has 4 nitrogen and oxygen atoms in total. The molecule has 0 saturated carbocycles. The molecular weight excluding hydrogens is 228 g/mol. The molecule has 2 saturated heterocycles. The minimum absolute atomic E-state index is 0.225. The number of ether oxygens (including phenoxy) is 1. The Bertz CT molecular complexity index is 267. The first kappa shape index (κ1) is 13.8. The van der Waals surface area contributed by atoms with Crippen molar-refractivity contribution in [2.75, 3.05) is 26.3 Å². The van der Waals surface area contributed by atoms with Crippen LogP contribution in [-0.2, 0) is 9.53 Å². The Morgan fingerprint density at radius 1 is 1.17 bits per heavy atom. The van der Waals surface area contributed by atoms with E-state index in [0.717, 1.165) is 52.0 Å². The van der Waals surface area contributed by atoms with E-state index in [0.29, 0.717) is 6.04 Å². The fraction of sp³-hybridized carbons (Fsp3) is 0.929. The molecule has 0 bridgehead atoms. The zero-order valence-corrected chi connectivity index (χ0v) is 11.7. The van der Waals surface area contributed by atoms with Gasteiger partial charge in [0.25, 0.3) is 0 Å². The molecular formula is C14H26N2O2. The fourth-order valence-corrected chi connectivity index (χ4v) is 2.98. The summed E-state index contributed by atoms with van der Waals surface area (Å²) < 4.78 is 5.40. The fourth-order valence-electron chi connectivity index (χ4n) is 2.98. The summed E-state index contributed by atoms with van der Waals surface area (Å²) in [5.41, 5.74) is 0. The Hall–Kier alpha value is -0.610. The maximum Gasteiger partial charge on any atom is 0.223 e. The van der Waals surface area contributed by atoms with E-state index in [2.05, 4.69) is 10.2 Å². The van der Waals surface area contributed by atoms with Gasteiger partial charge in [0.2, 0.25) is 5.91 Å². The van der Waals surface area contributed by atoms with Crippen molar-refractivity contribution < 1.29 is 9.53 Å². The lowest BCUT2D eigenvalue weighted by Gasteiger charge is -2.38. The van der Waals surface area contributed by atoms with Crippen LogP contribution in [0.4, 0.5) is 0 Å². The summed E-state index contributed by atoms with van der Waals surface area (Å²) in [6, 6.07) is 0.943. The summed E-state index contributed by atoms with van der Waals surface area (Å²) >= 11 is 0. The predicted molar refractivity (Wildman–Crippen MR) is 71.4 cm³/mol. The van der Waals surface area contributed by atoms with Gasteiger partial charge in [0.05, 0.1) is 0 Å². The van der Waals surface area contributed by atoms with E-state index in [1.165, 1.54) is 0 Å². The molecule has 2 aliphatic rings. The molecule has 0 aromatic carbocycles. The van der Waals surface area contributed by atoms with Gasteiger partial charge in [-0.05, 0) is 52.6 Å². The molecule has 104 valence electrons. The van der Waals surface area contributed by atoms with Gasteiger partial charge in [-0.2, -0.15) is 0 Å². The zero-order valence-electron chi connectivity index (χ0n) is 11.7. The number of nitrogens with one attached hydrogen (secondary N) is 1. The number of rotatable bonds is 3. The highest BCUT2D eigenvalue weighted by Gasteiger charge is 2.29. The number of piperidine rings is 1. The molecule has 2 rings (SSSR count). The summed E-state index contributed by atoms with van der Waals surface area (Å²) in [7, 11) is 0. The van der Waals surface area contributed by atoms with Crippen molar-refractivity contribution in [3.8, 4) is 0 Å². The number of hydrogen-bond acceptors (Lipinski definition) is 3. The van der Waals surface area contributed by atoms with E-state index in [4.69, 9.17) is 4.74 Å². The van der Waals surface area contributed by atoms with Gasteiger partial charge in [0.15, 0.2) is 0 Å². The monoisotopic (exact) mass is 254 g/mol. The van der Waals surface area contributed by atoms with Crippen LogP contribution >= 0.6 is 0 Å². The van der Waals surface area contributed by atoms with Crippen LogP contribution in [-0.4, -0.2) is 49.2 Å². The lowest BCUT2D eigenvalue weighted by Crippen LogP contribution is -2.47. The Balaban J connectivity index is 1.75. The van der Waals surface area contributed by atoms with Gasteiger partial charge >= 0.3 is 0 Å². The van der Waals surface area contributed by atoms with Gasteiger partial charge in [0.1, 0.15) is 0 Å². The second-order valence-corrected chi connectivity index (χ2v) is 5.82. The molecule has 0 aliphatic carbocycles. The van der Waals surface area contributed by atoms with Crippen molar-refractivity contribution in [1.29, 1.82) is 0 Å². The largest absolute Gasteiger partial charge is 0.381 e. The highest BCUT2D eigenvalue weighted by Crippen LogP contribution is 2.23. The van der Waals surface area contributed by atoms with Gasteiger partial charge in [0, 0.05) is 31.2 Å². The molecule has 18 heavy (non-hydrogen) atoms. The molecule has 4 heteroatoms. The predicted octanol–water partition coefficient (Wildman–Crippen LogP) is 1.40. The first-order valence-corrected chi connectivity index (χ1v) is 7.29. The first-order valence-electron chi connectivity index (χ1n) is 7.29. The van der Waals surface area contributed by atoms with Crippen molar-refractivity contribution >= 4 is 5.91 Å². The minimum atomic E-state index is 0.225. The number of nitrogens with zero attached hydrogens (tertiary/aromatic N) is 1. The molecule has 1 N–H and O–H groups in total. The Kier molecular flexibility index (Phi) is 5.01. The van der Waals surface area contributed by atoms with Crippen LogP contribution in [0.3, 0.4) is 0 Å². The molecule has 1 amide bonds. The number of carbonyl (C=O) groups is 1. The third kappa shape index (κ3) is 3.69. The van der Waals surface area contributed by atoms with E-state index < -0.39 is 0 Å². The summed E-state index contributed by atoms with van der Waals surface area (Å²) in [5, 5.41) is 3.03. The van der Waals surface area contributed by atoms with E-state index in [9.17, 15) is 4.79 Å². The Morgan fingerprint density at radius 2 is 1.78 bits per heavy atom. The van der Waals surface area contributed by atoms with E-state index >= 15 is 0 Å². The molecule has 0 aromatic rings. The van der Waals surface area contributed by atoms with Gasteiger partial charge in [-0.1, -0.05) is 0 Å². The van der Waals surface area contributed by atoms with Crippen LogP contribution in [0.1, 0.15) is 39.5 Å². The van der Waals surface area contributed by atoms with Crippen LogP contribution in [0.5, 0.6) is 0 Å². The second kappa shape index (κ2) is 6.53. The van der Waals surface area contributed by atoms with Crippen LogP contribution in [0, 0.1) is 5.92 Å². The first-order chi connectivity index (χ1) is 8.66. The quantitative estimate of drug-likeness (QED) is 0.828. The summed E-state index contributed by atoms with van der Waals surface area (Å²) in [5.74, 6) is 0.472. The summed E-state index contributed by atoms with van der Waals surface area (Å²) in [4.78, 5) is 14.5. The van der Waals surface area contributed by atoms with Gasteiger partial charge in [-0.15, -0.1) is 0 Å². The van der Waals surface area contributed by atoms with Crippen molar-refractivity contribution in [2.45, 2.75) is 51.6 Å². The van der Waals surface area contributed by atoms with Crippen molar-refractivity contribution in [3.63, 3.8) is 0 Å². The maximum absolute atomic E-state index is 11.9. The van der Waals surface area contributed by atoms with Gasteiger partial charge < -0.3 is 15.0 Å². The minimum Gasteiger partial charge on any atom is -0.381 e. The molecule has 2 fully saturated rings. The van der Waals surface area contributed by atoms with Gasteiger partial charge in [-0.25, -0.2) is 0 Å². The average Bonchev–Trinajstić information content (AvgIpc) is 2.39. The van der Waals surface area contributed by atoms with Crippen LogP contribution in [0.15, 0.2) is 0 Å². The lowest BCUT2D eigenvalue weighted by atomic mass is 9.93. The topological polar surface area (TPSA) is 41.6 Å². The third-order valence-electron chi connectivity index (χ3n) is 4.04. The second-order valence-electron chi connectivity index (χ2n) is 5.82. The van der Waals surface area contributed by atoms with E-state index in [1.54, 1.807) is 0 Å². The molecule has 2 aliphatic heterocycles. The average molecular weight is 254 g/mol. The number of carbonyl (C=O) groups excluding carboxylic acids is 1. The molecule has 0 aromatic heterocycles. The number of hydrogen-bond donors (Lipinski definition) is 1. The summed E-state index contributed by atoms with van der Waals surface area (Å²) in [6.07, 6.45) is 4.33. The molecule has 0 unspecified atom stereocenters. The van der Waals surface area contributed by atoms with Crippen LogP contribution < -0.4 is 5.32 Å². The normalized spacial score (nSPS) is 24.4. The molecule has 0 radical (unpaired) electrons. The van der Waals surface area contributed by atoms with Gasteiger partial charge in [-0.3, -0.25) is 4.79 Å². The maximum atomic E-state index is 11.9. The van der Waals surface area contributed by atoms with E-state index in [1.807, 2.05) is 13.8 Å². The SMILES string of the molecule is CC(C)NC(=O)C1CCN(C2CCOCC2)CC1. The Labute approximate surface area is 110 Å². The van der Waals surface area contributed by atoms with Crippen molar-refractivity contribution in [1.82, 2.24) is 10.2 Å². The zero-order chi connectivity index (χ0) is 13.0. The highest BCUT2D eigenvalue weighted by molar-refractivity contribution is 5.78. The highest BCUT2D eigenvalue weighted by atomic mass is 16.5.